The number of aromatic nitrogens is 2. The van der Waals surface area contributed by atoms with Gasteiger partial charge in [0.25, 0.3) is 0 Å². The van der Waals surface area contributed by atoms with Crippen LogP contribution < -0.4 is 4.74 Å². The molecule has 0 aliphatic heterocycles. The van der Waals surface area contributed by atoms with Gasteiger partial charge < -0.3 is 4.74 Å². The number of ether oxygens (including phenoxy) is 1. The summed E-state index contributed by atoms with van der Waals surface area (Å²) >= 11 is 15.4. The van der Waals surface area contributed by atoms with Crippen LogP contribution in [0.25, 0.3) is 0 Å². The predicted molar refractivity (Wildman–Crippen MR) is 75.7 cm³/mol. The zero-order valence-electron chi connectivity index (χ0n) is 9.67. The maximum absolute atomic E-state index is 6.08. The first-order chi connectivity index (χ1) is 8.47. The topological polar surface area (TPSA) is 35.0 Å². The summed E-state index contributed by atoms with van der Waals surface area (Å²) in [6.45, 7) is 3.55. The molecule has 0 unspecified atom stereocenters. The minimum atomic E-state index is 0.380. The highest BCUT2D eigenvalue weighted by Crippen LogP contribution is 2.33. The molecule has 1 aromatic carbocycles. The summed E-state index contributed by atoms with van der Waals surface area (Å²) < 4.78 is 6.55. The fraction of sp³-hybridized carbons (Fsp3) is 0.167. The first kappa shape index (κ1) is 13.6. The number of nitrogens with zero attached hydrogens (tertiary/aromatic N) is 2. The van der Waals surface area contributed by atoms with Gasteiger partial charge in [0.2, 0.25) is 5.88 Å². The molecule has 94 valence electrons. The average molecular weight is 348 g/mol. The normalized spacial score (nSPS) is 10.5. The number of aryl methyl sites for hydroxylation is 1. The van der Waals surface area contributed by atoms with E-state index in [0.29, 0.717) is 33.2 Å². The molecule has 0 aliphatic rings. The Bertz CT molecular complexity index is 605. The zero-order chi connectivity index (χ0) is 13.3. The Labute approximate surface area is 123 Å². The maximum Gasteiger partial charge on any atom is 0.227 e. The predicted octanol–water partition coefficient (Wildman–Crippen LogP) is 4.96. The zero-order valence-corrected chi connectivity index (χ0v) is 12.8. The SMILES string of the molecule is Cc1nc(Cl)c(C)c(Oc2ccc(Br)cc2Cl)n1. The van der Waals surface area contributed by atoms with Crippen LogP contribution in [-0.2, 0) is 0 Å². The Hall–Kier alpha value is -0.840. The lowest BCUT2D eigenvalue weighted by Crippen LogP contribution is -1.97. The third kappa shape index (κ3) is 2.94. The van der Waals surface area contributed by atoms with E-state index in [-0.39, 0.29) is 0 Å². The summed E-state index contributed by atoms with van der Waals surface area (Å²) in [5, 5.41) is 0.877. The number of benzene rings is 1. The fourth-order valence-corrected chi connectivity index (χ4v) is 2.25. The van der Waals surface area contributed by atoms with E-state index in [4.69, 9.17) is 27.9 Å². The summed E-state index contributed by atoms with van der Waals surface area (Å²) in [5.74, 6) is 1.49. The van der Waals surface area contributed by atoms with Crippen LogP contribution in [0.1, 0.15) is 11.4 Å². The van der Waals surface area contributed by atoms with Gasteiger partial charge in [-0.3, -0.25) is 0 Å². The van der Waals surface area contributed by atoms with Gasteiger partial charge in [-0.05, 0) is 32.0 Å². The van der Waals surface area contributed by atoms with Crippen LogP contribution >= 0.6 is 39.1 Å². The first-order valence-electron chi connectivity index (χ1n) is 5.11. The number of hydrogen-bond acceptors (Lipinski definition) is 3. The molecule has 0 aliphatic carbocycles. The van der Waals surface area contributed by atoms with Gasteiger partial charge in [0, 0.05) is 10.0 Å². The van der Waals surface area contributed by atoms with Crippen LogP contribution in [0.4, 0.5) is 0 Å². The van der Waals surface area contributed by atoms with Crippen LogP contribution in [0.5, 0.6) is 11.6 Å². The minimum Gasteiger partial charge on any atom is -0.437 e. The second-order valence-electron chi connectivity index (χ2n) is 3.67. The van der Waals surface area contributed by atoms with Crippen molar-refractivity contribution in [3.8, 4) is 11.6 Å². The van der Waals surface area contributed by atoms with Gasteiger partial charge in [-0.25, -0.2) is 4.98 Å². The molecule has 6 heteroatoms. The van der Waals surface area contributed by atoms with Crippen molar-refractivity contribution >= 4 is 39.1 Å². The van der Waals surface area contributed by atoms with Crippen LogP contribution in [0.2, 0.25) is 10.2 Å². The molecule has 0 N–H and O–H groups in total. The maximum atomic E-state index is 6.08. The second-order valence-corrected chi connectivity index (χ2v) is 5.35. The standard InChI is InChI=1S/C12H9BrCl2N2O/c1-6-11(15)16-7(2)17-12(6)18-10-4-3-8(13)5-9(10)14/h3-5H,1-2H3. The molecule has 0 fully saturated rings. The molecule has 0 spiro atoms. The van der Waals surface area contributed by atoms with Crippen LogP contribution in [0.15, 0.2) is 22.7 Å². The molecule has 18 heavy (non-hydrogen) atoms. The van der Waals surface area contributed by atoms with Gasteiger partial charge in [0.15, 0.2) is 0 Å². The Kier molecular flexibility index (Phi) is 4.10. The second kappa shape index (κ2) is 5.43. The molecule has 3 nitrogen and oxygen atoms in total. The van der Waals surface area contributed by atoms with Gasteiger partial charge in [0.05, 0.1) is 5.02 Å². The number of halogens is 3. The Morgan fingerprint density at radius 1 is 1.17 bits per heavy atom. The third-order valence-corrected chi connectivity index (χ3v) is 3.41. The van der Waals surface area contributed by atoms with E-state index in [1.165, 1.54) is 0 Å². The summed E-state index contributed by atoms with van der Waals surface area (Å²) in [6.07, 6.45) is 0. The van der Waals surface area contributed by atoms with E-state index >= 15 is 0 Å². The molecule has 0 atom stereocenters. The molecule has 1 heterocycles. The molecular formula is C12H9BrCl2N2O. The van der Waals surface area contributed by atoms with Gasteiger partial charge in [0.1, 0.15) is 16.7 Å². The first-order valence-corrected chi connectivity index (χ1v) is 6.66. The lowest BCUT2D eigenvalue weighted by molar-refractivity contribution is 0.455. The van der Waals surface area contributed by atoms with Crippen LogP contribution in [0, 0.1) is 13.8 Å². The lowest BCUT2D eigenvalue weighted by atomic mass is 10.3. The summed E-state index contributed by atoms with van der Waals surface area (Å²) in [7, 11) is 0. The van der Waals surface area contributed by atoms with Gasteiger partial charge in [-0.1, -0.05) is 39.1 Å². The summed E-state index contributed by atoms with van der Waals surface area (Å²) in [5.41, 5.74) is 0.682. The van der Waals surface area contributed by atoms with Crippen molar-refractivity contribution in [2.45, 2.75) is 13.8 Å². The molecule has 0 saturated carbocycles. The molecule has 0 bridgehead atoms. The largest absolute Gasteiger partial charge is 0.437 e. The molecular weight excluding hydrogens is 339 g/mol. The molecule has 0 radical (unpaired) electrons. The van der Waals surface area contributed by atoms with E-state index < -0.39 is 0 Å². The molecule has 2 aromatic rings. The summed E-state index contributed by atoms with van der Waals surface area (Å²) in [4.78, 5) is 8.25. The number of rotatable bonds is 2. The highest BCUT2D eigenvalue weighted by Gasteiger charge is 2.11. The van der Waals surface area contributed by atoms with Crippen LogP contribution in [0.3, 0.4) is 0 Å². The molecule has 0 amide bonds. The van der Waals surface area contributed by atoms with Crippen molar-refractivity contribution in [3.05, 3.63) is 44.2 Å². The Balaban J connectivity index is 2.40. The fourth-order valence-electron chi connectivity index (χ4n) is 1.33. The van der Waals surface area contributed by atoms with Gasteiger partial charge in [-0.15, -0.1) is 0 Å². The molecule has 1 aromatic heterocycles. The van der Waals surface area contributed by atoms with E-state index in [1.54, 1.807) is 26.0 Å². The molecule has 2 rings (SSSR count). The Morgan fingerprint density at radius 3 is 2.56 bits per heavy atom. The minimum absolute atomic E-state index is 0.380. The average Bonchev–Trinajstić information content (AvgIpc) is 2.29. The Morgan fingerprint density at radius 2 is 1.89 bits per heavy atom. The highest BCUT2D eigenvalue weighted by atomic mass is 79.9. The quantitative estimate of drug-likeness (QED) is 0.720. The highest BCUT2D eigenvalue weighted by molar-refractivity contribution is 9.10. The van der Waals surface area contributed by atoms with E-state index in [9.17, 15) is 0 Å². The smallest absolute Gasteiger partial charge is 0.227 e. The third-order valence-electron chi connectivity index (χ3n) is 2.25. The van der Waals surface area contributed by atoms with Gasteiger partial charge >= 0.3 is 0 Å². The van der Waals surface area contributed by atoms with E-state index in [2.05, 4.69) is 25.9 Å². The van der Waals surface area contributed by atoms with Crippen molar-refractivity contribution in [2.24, 2.45) is 0 Å². The van der Waals surface area contributed by atoms with Crippen molar-refractivity contribution in [3.63, 3.8) is 0 Å². The molecule has 0 saturated heterocycles. The van der Waals surface area contributed by atoms with Crippen molar-refractivity contribution < 1.29 is 4.74 Å². The van der Waals surface area contributed by atoms with E-state index in [0.717, 1.165) is 4.47 Å². The monoisotopic (exact) mass is 346 g/mol. The van der Waals surface area contributed by atoms with Crippen LogP contribution in [-0.4, -0.2) is 9.97 Å². The van der Waals surface area contributed by atoms with Gasteiger partial charge in [-0.2, -0.15) is 4.98 Å². The lowest BCUT2D eigenvalue weighted by Gasteiger charge is -2.10. The van der Waals surface area contributed by atoms with E-state index in [1.807, 2.05) is 6.07 Å². The number of hydrogen-bond donors (Lipinski definition) is 0. The van der Waals surface area contributed by atoms with Crippen molar-refractivity contribution in [1.82, 2.24) is 9.97 Å². The van der Waals surface area contributed by atoms with Crippen molar-refractivity contribution in [1.29, 1.82) is 0 Å². The van der Waals surface area contributed by atoms with Crippen molar-refractivity contribution in [2.75, 3.05) is 0 Å². The summed E-state index contributed by atoms with van der Waals surface area (Å²) in [6, 6.07) is 5.35.